The van der Waals surface area contributed by atoms with Crippen LogP contribution in [-0.2, 0) is 9.31 Å². The molecular weight excluding hydrogens is 280 g/mol. The summed E-state index contributed by atoms with van der Waals surface area (Å²) in [6.07, 6.45) is 0.536. The van der Waals surface area contributed by atoms with E-state index < -0.39 is 41.7 Å². The lowest BCUT2D eigenvalue weighted by molar-refractivity contribution is 0.00578. The number of hydrogen-bond donors (Lipinski definition) is 0. The summed E-state index contributed by atoms with van der Waals surface area (Å²) >= 11 is 0. The molecule has 1 aromatic carbocycles. The van der Waals surface area contributed by atoms with Crippen LogP contribution in [0.15, 0.2) is 12.1 Å². The van der Waals surface area contributed by atoms with Crippen molar-refractivity contribution in [2.75, 3.05) is 0 Å². The van der Waals surface area contributed by atoms with Gasteiger partial charge in [-0.05, 0) is 52.2 Å². The Balaban J connectivity index is 1.81. The molecule has 1 saturated heterocycles. The van der Waals surface area contributed by atoms with Crippen molar-refractivity contribution in [3.63, 3.8) is 0 Å². The van der Waals surface area contributed by atoms with Gasteiger partial charge in [-0.2, -0.15) is 0 Å². The molecule has 21 heavy (non-hydrogen) atoms. The van der Waals surface area contributed by atoms with Gasteiger partial charge in [-0.25, -0.2) is 13.2 Å². The fourth-order valence-electron chi connectivity index (χ4n) is 2.79. The molecule has 0 unspecified atom stereocenters. The third-order valence-electron chi connectivity index (χ3n) is 4.91. The molecule has 2 aliphatic rings. The lowest BCUT2D eigenvalue weighted by Crippen LogP contribution is -2.41. The van der Waals surface area contributed by atoms with Crippen LogP contribution in [0.3, 0.4) is 0 Å². The Morgan fingerprint density at radius 2 is 1.52 bits per heavy atom. The second kappa shape index (κ2) is 4.49. The van der Waals surface area contributed by atoms with Crippen molar-refractivity contribution in [3.8, 4) is 0 Å². The lowest BCUT2D eigenvalue weighted by atomic mass is 9.79. The predicted molar refractivity (Wildman–Crippen MR) is 73.5 cm³/mol. The first-order chi connectivity index (χ1) is 9.64. The lowest BCUT2D eigenvalue weighted by Gasteiger charge is -2.32. The van der Waals surface area contributed by atoms with Crippen LogP contribution in [0.5, 0.6) is 0 Å². The highest BCUT2D eigenvalue weighted by atomic mass is 19.2. The Morgan fingerprint density at radius 1 is 1.00 bits per heavy atom. The van der Waals surface area contributed by atoms with Gasteiger partial charge >= 0.3 is 7.12 Å². The molecule has 1 aliphatic carbocycles. The summed E-state index contributed by atoms with van der Waals surface area (Å²) in [7, 11) is -0.512. The highest BCUT2D eigenvalue weighted by molar-refractivity contribution is 6.49. The van der Waals surface area contributed by atoms with E-state index in [0.717, 1.165) is 12.1 Å². The summed E-state index contributed by atoms with van der Waals surface area (Å²) in [5.74, 6) is -3.37. The van der Waals surface area contributed by atoms with Crippen molar-refractivity contribution in [3.05, 3.63) is 35.1 Å². The van der Waals surface area contributed by atoms with Crippen LogP contribution in [0.4, 0.5) is 13.2 Å². The maximum atomic E-state index is 13.8. The normalized spacial score (nSPS) is 29.8. The van der Waals surface area contributed by atoms with E-state index in [1.165, 1.54) is 0 Å². The zero-order chi connectivity index (χ0) is 15.6. The zero-order valence-electron chi connectivity index (χ0n) is 12.5. The molecule has 0 amide bonds. The number of benzene rings is 1. The van der Waals surface area contributed by atoms with E-state index in [1.807, 2.05) is 27.7 Å². The molecular formula is C15H18BF3O2. The van der Waals surface area contributed by atoms with Gasteiger partial charge in [0.05, 0.1) is 11.2 Å². The van der Waals surface area contributed by atoms with Crippen LogP contribution < -0.4 is 0 Å². The van der Waals surface area contributed by atoms with Crippen LogP contribution in [0.25, 0.3) is 0 Å². The highest BCUT2D eigenvalue weighted by Crippen LogP contribution is 2.59. The quantitative estimate of drug-likeness (QED) is 0.605. The third kappa shape index (κ3) is 2.29. The summed E-state index contributed by atoms with van der Waals surface area (Å²) in [5.41, 5.74) is -1.15. The van der Waals surface area contributed by atoms with Gasteiger partial charge in [0.2, 0.25) is 0 Å². The first-order valence-electron chi connectivity index (χ1n) is 7.13. The third-order valence-corrected chi connectivity index (χ3v) is 4.91. The van der Waals surface area contributed by atoms with Crippen LogP contribution in [-0.4, -0.2) is 18.3 Å². The molecule has 0 bridgehead atoms. The molecule has 3 rings (SSSR count). The molecule has 1 saturated carbocycles. The molecule has 1 heterocycles. The summed E-state index contributed by atoms with van der Waals surface area (Å²) in [5, 5.41) is 0. The predicted octanol–water partition coefficient (Wildman–Crippen LogP) is 4.05. The zero-order valence-corrected chi connectivity index (χ0v) is 12.5. The summed E-state index contributed by atoms with van der Waals surface area (Å²) in [6, 6.07) is 1.77. The van der Waals surface area contributed by atoms with E-state index in [9.17, 15) is 13.2 Å². The average molecular weight is 298 g/mol. The summed E-state index contributed by atoms with van der Waals surface area (Å²) in [6.45, 7) is 7.70. The molecule has 2 atom stereocenters. The molecule has 0 radical (unpaired) electrons. The first-order valence-corrected chi connectivity index (χ1v) is 7.13. The smallest absolute Gasteiger partial charge is 0.403 e. The van der Waals surface area contributed by atoms with Gasteiger partial charge in [0.25, 0.3) is 0 Å². The van der Waals surface area contributed by atoms with Crippen molar-refractivity contribution in [1.29, 1.82) is 0 Å². The molecule has 0 spiro atoms. The topological polar surface area (TPSA) is 18.5 Å². The standard InChI is InChI=1S/C15H18BF3O2/c1-14(2)15(3,4)21-16(20-14)9-7-8(9)12-10(17)5-6-11(18)13(12)19/h5-6,8-9H,7H2,1-4H3/t8-,9+/m0/s1. The highest BCUT2D eigenvalue weighted by Gasteiger charge is 2.60. The van der Waals surface area contributed by atoms with Gasteiger partial charge in [0.15, 0.2) is 11.6 Å². The first kappa shape index (κ1) is 14.9. The van der Waals surface area contributed by atoms with Gasteiger partial charge in [0.1, 0.15) is 5.82 Å². The average Bonchev–Trinajstić information content (AvgIpc) is 3.09. The molecule has 2 fully saturated rings. The van der Waals surface area contributed by atoms with Crippen LogP contribution >= 0.6 is 0 Å². The van der Waals surface area contributed by atoms with Crippen molar-refractivity contribution in [2.24, 2.45) is 0 Å². The van der Waals surface area contributed by atoms with Gasteiger partial charge in [-0.3, -0.25) is 0 Å². The van der Waals surface area contributed by atoms with E-state index >= 15 is 0 Å². The summed E-state index contributed by atoms with van der Waals surface area (Å²) in [4.78, 5) is 0. The fourth-order valence-corrected chi connectivity index (χ4v) is 2.79. The Bertz CT molecular complexity index is 573. The minimum absolute atomic E-state index is 0.142. The Morgan fingerprint density at radius 3 is 2.10 bits per heavy atom. The van der Waals surface area contributed by atoms with Gasteiger partial charge < -0.3 is 9.31 Å². The number of rotatable bonds is 2. The molecule has 114 valence electrons. The van der Waals surface area contributed by atoms with Gasteiger partial charge in [-0.15, -0.1) is 0 Å². The van der Waals surface area contributed by atoms with E-state index in [4.69, 9.17) is 9.31 Å². The maximum Gasteiger partial charge on any atom is 0.461 e. The van der Waals surface area contributed by atoms with Crippen molar-refractivity contribution in [2.45, 2.75) is 57.1 Å². The van der Waals surface area contributed by atoms with Gasteiger partial charge in [-0.1, -0.05) is 0 Å². The van der Waals surface area contributed by atoms with E-state index in [1.54, 1.807) is 0 Å². The maximum absolute atomic E-state index is 13.8. The van der Waals surface area contributed by atoms with Crippen molar-refractivity contribution >= 4 is 7.12 Å². The monoisotopic (exact) mass is 298 g/mol. The van der Waals surface area contributed by atoms with Gasteiger partial charge in [0, 0.05) is 11.4 Å². The Labute approximate surface area is 122 Å². The van der Waals surface area contributed by atoms with E-state index in [0.29, 0.717) is 6.42 Å². The van der Waals surface area contributed by atoms with Crippen LogP contribution in [0.1, 0.15) is 45.6 Å². The van der Waals surface area contributed by atoms with Crippen molar-refractivity contribution in [1.82, 2.24) is 0 Å². The second-order valence-corrected chi connectivity index (χ2v) is 6.89. The van der Waals surface area contributed by atoms with Crippen LogP contribution in [0, 0.1) is 17.5 Å². The van der Waals surface area contributed by atoms with E-state index in [-0.39, 0.29) is 11.4 Å². The minimum Gasteiger partial charge on any atom is -0.403 e. The minimum atomic E-state index is -1.10. The van der Waals surface area contributed by atoms with Crippen molar-refractivity contribution < 1.29 is 22.5 Å². The number of hydrogen-bond acceptors (Lipinski definition) is 2. The molecule has 1 aromatic rings. The Kier molecular flexibility index (Phi) is 3.19. The Hall–Kier alpha value is -1.01. The van der Waals surface area contributed by atoms with E-state index in [2.05, 4.69) is 0 Å². The second-order valence-electron chi connectivity index (χ2n) is 6.89. The SMILES string of the molecule is CC1(C)OB([C@@H]2C[C@@H]2c2c(F)ccc(F)c2F)OC1(C)C. The summed E-state index contributed by atoms with van der Waals surface area (Å²) < 4.78 is 52.7. The molecule has 0 aromatic heterocycles. The molecule has 2 nitrogen and oxygen atoms in total. The molecule has 6 heteroatoms. The molecule has 1 aliphatic heterocycles. The molecule has 0 N–H and O–H groups in total. The number of halogens is 3. The van der Waals surface area contributed by atoms with Crippen LogP contribution in [0.2, 0.25) is 5.82 Å². The largest absolute Gasteiger partial charge is 0.461 e. The fraction of sp³-hybridized carbons (Fsp3) is 0.600.